The van der Waals surface area contributed by atoms with Gasteiger partial charge in [-0.05, 0) is 24.5 Å². The molecule has 1 aliphatic carbocycles. The Hall–Kier alpha value is -2.15. The second kappa shape index (κ2) is 5.87. The quantitative estimate of drug-likeness (QED) is 0.620. The maximum atomic E-state index is 11.8. The summed E-state index contributed by atoms with van der Waals surface area (Å²) in [7, 11) is 1.72. The average molecular weight is 279 g/mol. The van der Waals surface area contributed by atoms with Crippen LogP contribution in [0.4, 0.5) is 5.69 Å². The molecular weight excluding hydrogens is 262 g/mol. The lowest BCUT2D eigenvalue weighted by Crippen LogP contribution is -2.33. The molecule has 0 radical (unpaired) electrons. The van der Waals surface area contributed by atoms with Crippen molar-refractivity contribution in [2.24, 2.45) is 5.73 Å². The number of carbonyl (C=O) groups excluding carboxylic acids is 1. The highest BCUT2D eigenvalue weighted by atomic mass is 16.6. The lowest BCUT2D eigenvalue weighted by Gasteiger charge is -2.16. The zero-order valence-corrected chi connectivity index (χ0v) is 11.2. The van der Waals surface area contributed by atoms with Gasteiger partial charge in [0.1, 0.15) is 0 Å². The molecule has 108 valence electrons. The van der Waals surface area contributed by atoms with Crippen molar-refractivity contribution in [2.45, 2.75) is 25.4 Å². The molecule has 0 aromatic heterocycles. The van der Waals surface area contributed by atoms with Crippen molar-refractivity contribution in [3.63, 3.8) is 0 Å². The number of hydrogen-bond donors (Lipinski definition) is 1. The third kappa shape index (κ3) is 3.24. The highest BCUT2D eigenvalue weighted by Crippen LogP contribution is 2.29. The minimum atomic E-state index is -0.538. The maximum Gasteiger partial charge on any atom is 0.311 e. The minimum Gasteiger partial charge on any atom is -0.477 e. The fraction of sp³-hybridized carbons (Fsp3) is 0.462. The van der Waals surface area contributed by atoms with Gasteiger partial charge in [-0.2, -0.15) is 0 Å². The van der Waals surface area contributed by atoms with Crippen molar-refractivity contribution in [3.8, 4) is 5.75 Å². The molecule has 0 heterocycles. The van der Waals surface area contributed by atoms with Crippen molar-refractivity contribution in [2.75, 3.05) is 13.7 Å². The highest BCUT2D eigenvalue weighted by Gasteiger charge is 2.30. The first-order valence-corrected chi connectivity index (χ1v) is 6.38. The summed E-state index contributed by atoms with van der Waals surface area (Å²) in [6.07, 6.45) is 2.02. The number of hydrogen-bond acceptors (Lipinski definition) is 5. The van der Waals surface area contributed by atoms with Crippen LogP contribution in [0.2, 0.25) is 0 Å². The number of carbonyl (C=O) groups is 1. The van der Waals surface area contributed by atoms with E-state index in [1.54, 1.807) is 18.0 Å². The van der Waals surface area contributed by atoms with E-state index < -0.39 is 4.92 Å². The summed E-state index contributed by atoms with van der Waals surface area (Å²) in [5, 5.41) is 11.0. The van der Waals surface area contributed by atoms with Crippen molar-refractivity contribution in [1.29, 1.82) is 0 Å². The molecule has 0 aliphatic heterocycles. The highest BCUT2D eigenvalue weighted by molar-refractivity contribution is 5.78. The fourth-order valence-corrected chi connectivity index (χ4v) is 1.86. The van der Waals surface area contributed by atoms with Gasteiger partial charge in [0.05, 0.1) is 4.92 Å². The van der Waals surface area contributed by atoms with Gasteiger partial charge in [0.15, 0.2) is 12.4 Å². The zero-order chi connectivity index (χ0) is 14.7. The summed E-state index contributed by atoms with van der Waals surface area (Å²) in [4.78, 5) is 23.9. The number of nitrogens with two attached hydrogens (primary N) is 1. The smallest absolute Gasteiger partial charge is 0.311 e. The third-order valence-corrected chi connectivity index (χ3v) is 3.29. The van der Waals surface area contributed by atoms with Gasteiger partial charge in [0, 0.05) is 25.7 Å². The molecule has 2 N–H and O–H groups in total. The molecule has 1 amide bonds. The standard InChI is InChI=1S/C13H17N3O4/c1-15(10-3-4-10)13(17)8-20-12-5-2-9(7-14)6-11(12)16(18)19/h2,5-6,10H,3-4,7-8,14H2,1H3. The summed E-state index contributed by atoms with van der Waals surface area (Å²) in [6, 6.07) is 4.78. The van der Waals surface area contributed by atoms with Crippen molar-refractivity contribution >= 4 is 11.6 Å². The molecule has 2 rings (SSSR count). The van der Waals surface area contributed by atoms with Crippen molar-refractivity contribution in [1.82, 2.24) is 4.90 Å². The SMILES string of the molecule is CN(C(=O)COc1ccc(CN)cc1[N+](=O)[O-])C1CC1. The van der Waals surface area contributed by atoms with Crippen LogP contribution in [0.3, 0.4) is 0 Å². The molecule has 0 saturated heterocycles. The predicted octanol–water partition coefficient (Wildman–Crippen LogP) is 1.05. The summed E-state index contributed by atoms with van der Waals surface area (Å²) in [5.41, 5.74) is 5.92. The van der Waals surface area contributed by atoms with E-state index in [1.165, 1.54) is 12.1 Å². The Kier molecular flexibility index (Phi) is 4.19. The van der Waals surface area contributed by atoms with Gasteiger partial charge in [0.25, 0.3) is 5.91 Å². The van der Waals surface area contributed by atoms with Gasteiger partial charge in [-0.3, -0.25) is 14.9 Å². The van der Waals surface area contributed by atoms with E-state index in [0.29, 0.717) is 11.6 Å². The minimum absolute atomic E-state index is 0.0877. The zero-order valence-electron chi connectivity index (χ0n) is 11.2. The van der Waals surface area contributed by atoms with E-state index in [9.17, 15) is 14.9 Å². The van der Waals surface area contributed by atoms with E-state index in [0.717, 1.165) is 12.8 Å². The molecule has 1 aliphatic rings. The Balaban J connectivity index is 2.04. The Morgan fingerprint density at radius 3 is 2.80 bits per heavy atom. The summed E-state index contributed by atoms with van der Waals surface area (Å²) >= 11 is 0. The number of nitro groups is 1. The Morgan fingerprint density at radius 2 is 2.25 bits per heavy atom. The second-order valence-electron chi connectivity index (χ2n) is 4.79. The topological polar surface area (TPSA) is 98.7 Å². The molecule has 0 unspecified atom stereocenters. The van der Waals surface area contributed by atoms with Gasteiger partial charge in [-0.15, -0.1) is 0 Å². The Morgan fingerprint density at radius 1 is 1.55 bits per heavy atom. The molecule has 7 nitrogen and oxygen atoms in total. The summed E-state index contributed by atoms with van der Waals surface area (Å²) in [6.45, 7) is 0.0142. The number of likely N-dealkylation sites (N-methyl/N-ethyl adjacent to an activating group) is 1. The number of rotatable bonds is 6. The Labute approximate surface area is 116 Å². The molecule has 0 atom stereocenters. The van der Waals surface area contributed by atoms with Crippen LogP contribution in [0.1, 0.15) is 18.4 Å². The number of ether oxygens (including phenoxy) is 1. The molecule has 1 aromatic rings. The summed E-state index contributed by atoms with van der Waals surface area (Å²) < 4.78 is 5.29. The van der Waals surface area contributed by atoms with Crippen LogP contribution >= 0.6 is 0 Å². The first-order chi connectivity index (χ1) is 9.52. The number of nitrogens with zero attached hydrogens (tertiary/aromatic N) is 2. The van der Waals surface area contributed by atoms with Gasteiger partial charge in [0.2, 0.25) is 0 Å². The van der Waals surface area contributed by atoms with Crippen molar-refractivity contribution < 1.29 is 14.5 Å². The van der Waals surface area contributed by atoms with Gasteiger partial charge in [-0.25, -0.2) is 0 Å². The van der Waals surface area contributed by atoms with E-state index >= 15 is 0 Å². The van der Waals surface area contributed by atoms with Crippen LogP contribution in [-0.4, -0.2) is 35.4 Å². The molecule has 1 fully saturated rings. The number of benzene rings is 1. The molecular formula is C13H17N3O4. The molecule has 20 heavy (non-hydrogen) atoms. The lowest BCUT2D eigenvalue weighted by atomic mass is 10.2. The fourth-order valence-electron chi connectivity index (χ4n) is 1.86. The van der Waals surface area contributed by atoms with Crippen molar-refractivity contribution in [3.05, 3.63) is 33.9 Å². The van der Waals surface area contributed by atoms with E-state index in [1.807, 2.05) is 0 Å². The normalized spacial score (nSPS) is 13.9. The van der Waals surface area contributed by atoms with E-state index in [4.69, 9.17) is 10.5 Å². The molecule has 0 spiro atoms. The lowest BCUT2D eigenvalue weighted by molar-refractivity contribution is -0.385. The average Bonchev–Trinajstić information content (AvgIpc) is 3.28. The predicted molar refractivity (Wildman–Crippen MR) is 72.3 cm³/mol. The van der Waals surface area contributed by atoms with Gasteiger partial charge < -0.3 is 15.4 Å². The van der Waals surface area contributed by atoms with Gasteiger partial charge in [-0.1, -0.05) is 6.07 Å². The van der Waals surface area contributed by atoms with Gasteiger partial charge >= 0.3 is 5.69 Å². The number of amides is 1. The first kappa shape index (κ1) is 14.3. The van der Waals surface area contributed by atoms with Crippen LogP contribution in [0.15, 0.2) is 18.2 Å². The van der Waals surface area contributed by atoms with E-state index in [-0.39, 0.29) is 30.5 Å². The van der Waals surface area contributed by atoms with Crippen LogP contribution in [0.25, 0.3) is 0 Å². The largest absolute Gasteiger partial charge is 0.477 e. The molecule has 1 saturated carbocycles. The molecule has 0 bridgehead atoms. The monoisotopic (exact) mass is 279 g/mol. The molecule has 1 aromatic carbocycles. The maximum absolute atomic E-state index is 11.8. The third-order valence-electron chi connectivity index (χ3n) is 3.29. The molecule has 7 heteroatoms. The second-order valence-corrected chi connectivity index (χ2v) is 4.79. The first-order valence-electron chi connectivity index (χ1n) is 6.38. The van der Waals surface area contributed by atoms with E-state index in [2.05, 4.69) is 0 Å². The van der Waals surface area contributed by atoms with Crippen LogP contribution < -0.4 is 10.5 Å². The van der Waals surface area contributed by atoms with Crippen LogP contribution in [-0.2, 0) is 11.3 Å². The van der Waals surface area contributed by atoms with Crippen LogP contribution in [0.5, 0.6) is 5.75 Å². The van der Waals surface area contributed by atoms with Crippen LogP contribution in [0, 0.1) is 10.1 Å². The summed E-state index contributed by atoms with van der Waals surface area (Å²) in [5.74, 6) is -0.0885. The number of nitro benzene ring substituents is 1. The Bertz CT molecular complexity index is 528.